The molecule has 0 saturated heterocycles. The highest BCUT2D eigenvalue weighted by Gasteiger charge is 2.19. The number of aryl methyl sites for hydroxylation is 2. The van der Waals surface area contributed by atoms with E-state index in [2.05, 4.69) is 15.0 Å². The number of benzene rings is 3. The molecule has 0 spiro atoms. The van der Waals surface area contributed by atoms with Crippen LogP contribution >= 0.6 is 11.6 Å². The molecule has 1 amide bonds. The number of fused-ring (bicyclic) bond motifs is 1. The molecule has 0 aliphatic carbocycles. The molecule has 6 nitrogen and oxygen atoms in total. The van der Waals surface area contributed by atoms with E-state index in [1.54, 1.807) is 4.68 Å². The van der Waals surface area contributed by atoms with Crippen LogP contribution in [0.4, 0.5) is 5.82 Å². The minimum Gasteiger partial charge on any atom is -0.306 e. The van der Waals surface area contributed by atoms with Crippen molar-refractivity contribution in [1.82, 2.24) is 19.3 Å². The number of para-hydroxylation sites is 2. The Labute approximate surface area is 196 Å². The minimum absolute atomic E-state index is 0.186. The summed E-state index contributed by atoms with van der Waals surface area (Å²) in [6, 6.07) is 25.1. The van der Waals surface area contributed by atoms with Crippen molar-refractivity contribution < 1.29 is 4.79 Å². The molecule has 2 aromatic heterocycles. The van der Waals surface area contributed by atoms with Gasteiger partial charge in [0.05, 0.1) is 23.3 Å². The molecule has 0 saturated carbocycles. The second-order valence-electron chi connectivity index (χ2n) is 7.96. The van der Waals surface area contributed by atoms with Crippen molar-refractivity contribution in [3.8, 4) is 5.95 Å². The monoisotopic (exact) mass is 455 g/mol. The van der Waals surface area contributed by atoms with Crippen LogP contribution in [0.3, 0.4) is 0 Å². The molecule has 1 N–H and O–H groups in total. The summed E-state index contributed by atoms with van der Waals surface area (Å²) >= 11 is 6.08. The highest BCUT2D eigenvalue weighted by Crippen LogP contribution is 2.25. The molecular weight excluding hydrogens is 434 g/mol. The predicted octanol–water partition coefficient (Wildman–Crippen LogP) is 5.79. The van der Waals surface area contributed by atoms with Gasteiger partial charge in [-0.3, -0.25) is 4.79 Å². The third-order valence-corrected chi connectivity index (χ3v) is 5.79. The van der Waals surface area contributed by atoms with Crippen molar-refractivity contribution in [2.24, 2.45) is 0 Å². The normalized spacial score (nSPS) is 11.1. The maximum atomic E-state index is 13.0. The van der Waals surface area contributed by atoms with Gasteiger partial charge < -0.3 is 9.88 Å². The summed E-state index contributed by atoms with van der Waals surface area (Å²) < 4.78 is 3.79. The van der Waals surface area contributed by atoms with E-state index in [-0.39, 0.29) is 5.91 Å². The third-order valence-electron chi connectivity index (χ3n) is 5.54. The van der Waals surface area contributed by atoms with Crippen LogP contribution in [0.15, 0.2) is 78.9 Å². The van der Waals surface area contributed by atoms with E-state index in [0.717, 1.165) is 27.9 Å². The van der Waals surface area contributed by atoms with Gasteiger partial charge in [-0.2, -0.15) is 9.78 Å². The van der Waals surface area contributed by atoms with Crippen molar-refractivity contribution in [3.63, 3.8) is 0 Å². The van der Waals surface area contributed by atoms with Crippen molar-refractivity contribution in [2.75, 3.05) is 5.32 Å². The first-order valence-corrected chi connectivity index (χ1v) is 11.0. The molecular formula is C26H22ClN5O. The summed E-state index contributed by atoms with van der Waals surface area (Å²) in [5.41, 5.74) is 5.22. The fourth-order valence-corrected chi connectivity index (χ4v) is 4.03. The largest absolute Gasteiger partial charge is 0.306 e. The van der Waals surface area contributed by atoms with Crippen LogP contribution in [0.2, 0.25) is 5.02 Å². The highest BCUT2D eigenvalue weighted by atomic mass is 35.5. The zero-order chi connectivity index (χ0) is 22.9. The van der Waals surface area contributed by atoms with Crippen LogP contribution in [0.5, 0.6) is 0 Å². The average Bonchev–Trinajstić information content (AvgIpc) is 3.35. The summed E-state index contributed by atoms with van der Waals surface area (Å²) in [4.78, 5) is 17.9. The van der Waals surface area contributed by atoms with Gasteiger partial charge in [-0.1, -0.05) is 54.1 Å². The molecule has 33 heavy (non-hydrogen) atoms. The maximum Gasteiger partial charge on any atom is 0.257 e. The van der Waals surface area contributed by atoms with E-state index >= 15 is 0 Å². The topological polar surface area (TPSA) is 64.7 Å². The number of carbonyl (C=O) groups is 1. The van der Waals surface area contributed by atoms with E-state index in [0.29, 0.717) is 28.9 Å². The van der Waals surface area contributed by atoms with Crippen LogP contribution in [0.25, 0.3) is 17.0 Å². The number of hydrogen-bond acceptors (Lipinski definition) is 3. The summed E-state index contributed by atoms with van der Waals surface area (Å²) in [5, 5.41) is 8.37. The quantitative estimate of drug-likeness (QED) is 0.364. The molecule has 0 radical (unpaired) electrons. The first-order valence-electron chi connectivity index (χ1n) is 10.6. The molecule has 0 bridgehead atoms. The molecule has 2 heterocycles. The summed E-state index contributed by atoms with van der Waals surface area (Å²) in [7, 11) is 0. The summed E-state index contributed by atoms with van der Waals surface area (Å²) in [6.45, 7) is 4.40. The van der Waals surface area contributed by atoms with Crippen LogP contribution < -0.4 is 5.32 Å². The Bertz CT molecular complexity index is 1470. The number of rotatable bonds is 5. The minimum atomic E-state index is -0.186. The lowest BCUT2D eigenvalue weighted by Crippen LogP contribution is -2.18. The third kappa shape index (κ3) is 4.13. The van der Waals surface area contributed by atoms with Gasteiger partial charge in [-0.25, -0.2) is 4.98 Å². The van der Waals surface area contributed by atoms with E-state index in [9.17, 15) is 4.79 Å². The lowest BCUT2D eigenvalue weighted by atomic mass is 10.1. The van der Waals surface area contributed by atoms with E-state index in [4.69, 9.17) is 16.6 Å². The van der Waals surface area contributed by atoms with Gasteiger partial charge >= 0.3 is 0 Å². The molecule has 0 aliphatic heterocycles. The highest BCUT2D eigenvalue weighted by molar-refractivity contribution is 6.30. The number of nitrogens with one attached hydrogen (secondary N) is 1. The van der Waals surface area contributed by atoms with E-state index < -0.39 is 0 Å². The molecule has 0 unspecified atom stereocenters. The number of aromatic nitrogens is 4. The van der Waals surface area contributed by atoms with Crippen LogP contribution in [-0.4, -0.2) is 25.2 Å². The molecule has 0 atom stereocenters. The van der Waals surface area contributed by atoms with Gasteiger partial charge in [0.1, 0.15) is 5.82 Å². The van der Waals surface area contributed by atoms with Gasteiger partial charge in [0.2, 0.25) is 5.95 Å². The Kier molecular flexibility index (Phi) is 5.44. The smallest absolute Gasteiger partial charge is 0.257 e. The van der Waals surface area contributed by atoms with E-state index in [1.165, 1.54) is 0 Å². The molecule has 3 aromatic carbocycles. The maximum absolute atomic E-state index is 13.0. The fourth-order valence-electron chi connectivity index (χ4n) is 3.91. The molecule has 7 heteroatoms. The second-order valence-corrected chi connectivity index (χ2v) is 8.40. The number of hydrogen-bond donors (Lipinski definition) is 1. The van der Waals surface area contributed by atoms with Crippen LogP contribution in [0.1, 0.15) is 27.2 Å². The van der Waals surface area contributed by atoms with Crippen molar-refractivity contribution in [1.29, 1.82) is 0 Å². The number of amides is 1. The summed E-state index contributed by atoms with van der Waals surface area (Å²) in [5.74, 6) is 1.00. The molecule has 5 aromatic rings. The zero-order valence-corrected chi connectivity index (χ0v) is 19.0. The Morgan fingerprint density at radius 3 is 2.48 bits per heavy atom. The predicted molar refractivity (Wildman–Crippen MR) is 131 cm³/mol. The Morgan fingerprint density at radius 2 is 1.70 bits per heavy atom. The average molecular weight is 456 g/mol. The fraction of sp³-hybridized carbons (Fsp3) is 0.115. The molecule has 5 rings (SSSR count). The standard InChI is InChI=1S/C26H22ClN5O/c1-17-7-3-4-8-21(17)25(33)29-24-15-18(2)30-32(24)26-28-22-9-5-6-10-23(22)31(26)16-19-11-13-20(27)14-12-19/h3-15H,16H2,1-2H3,(H,29,33). The Hall–Kier alpha value is -3.90. The second kappa shape index (κ2) is 8.56. The zero-order valence-electron chi connectivity index (χ0n) is 18.3. The lowest BCUT2D eigenvalue weighted by molar-refractivity contribution is 0.102. The van der Waals surface area contributed by atoms with Gasteiger partial charge in [0.25, 0.3) is 5.91 Å². The van der Waals surface area contributed by atoms with Gasteiger partial charge in [-0.15, -0.1) is 0 Å². The van der Waals surface area contributed by atoms with E-state index in [1.807, 2.05) is 92.7 Å². The number of carbonyl (C=O) groups excluding carboxylic acids is 1. The lowest BCUT2D eigenvalue weighted by Gasteiger charge is -2.13. The first kappa shape index (κ1) is 21.0. The number of imidazole rings is 1. The molecule has 164 valence electrons. The molecule has 0 aliphatic rings. The van der Waals surface area contributed by atoms with Crippen molar-refractivity contribution in [3.05, 3.63) is 106 Å². The molecule has 0 fully saturated rings. The van der Waals surface area contributed by atoms with Crippen LogP contribution in [0, 0.1) is 13.8 Å². The van der Waals surface area contributed by atoms with Crippen molar-refractivity contribution >= 4 is 34.4 Å². The SMILES string of the molecule is Cc1cc(NC(=O)c2ccccc2C)n(-c2nc3ccccc3n2Cc2ccc(Cl)cc2)n1. The summed E-state index contributed by atoms with van der Waals surface area (Å²) in [6.07, 6.45) is 0. The number of halogens is 1. The number of anilines is 1. The van der Waals surface area contributed by atoms with Crippen molar-refractivity contribution in [2.45, 2.75) is 20.4 Å². The first-order chi connectivity index (χ1) is 16.0. The van der Waals surface area contributed by atoms with Gasteiger partial charge in [0, 0.05) is 16.7 Å². The Balaban J connectivity index is 1.59. The van der Waals surface area contributed by atoms with Gasteiger partial charge in [-0.05, 0) is 55.3 Å². The number of nitrogens with zero attached hydrogens (tertiary/aromatic N) is 4. The van der Waals surface area contributed by atoms with Gasteiger partial charge in [0.15, 0.2) is 0 Å². The Morgan fingerprint density at radius 1 is 0.970 bits per heavy atom. The van der Waals surface area contributed by atoms with Crippen LogP contribution in [-0.2, 0) is 6.54 Å².